The fourth-order valence-electron chi connectivity index (χ4n) is 2.97. The van der Waals surface area contributed by atoms with Crippen LogP contribution >= 0.6 is 0 Å². The molecule has 1 aliphatic rings. The summed E-state index contributed by atoms with van der Waals surface area (Å²) < 4.78 is 3.65. The molecule has 1 saturated carbocycles. The van der Waals surface area contributed by atoms with Gasteiger partial charge in [-0.2, -0.15) is 0 Å². The number of hydrogen-bond acceptors (Lipinski definition) is 4. The first-order valence-electron chi connectivity index (χ1n) is 7.89. The Labute approximate surface area is 127 Å². The van der Waals surface area contributed by atoms with E-state index in [2.05, 4.69) is 29.0 Å². The SMILES string of the molecule is CCCCn1c(=O)c2nnc(C3(C)CC3)n2c2ncccc21. The second-order valence-corrected chi connectivity index (χ2v) is 6.40. The van der Waals surface area contributed by atoms with E-state index in [4.69, 9.17) is 0 Å². The van der Waals surface area contributed by atoms with Crippen molar-refractivity contribution in [2.45, 2.75) is 51.5 Å². The van der Waals surface area contributed by atoms with Gasteiger partial charge in [0.2, 0.25) is 5.65 Å². The number of nitrogens with zero attached hydrogens (tertiary/aromatic N) is 5. The average Bonchev–Trinajstić information content (AvgIpc) is 3.11. The zero-order chi connectivity index (χ0) is 15.3. The smallest absolute Gasteiger partial charge is 0.296 e. The van der Waals surface area contributed by atoms with E-state index in [9.17, 15) is 4.79 Å². The lowest BCUT2D eigenvalue weighted by atomic mass is 10.1. The van der Waals surface area contributed by atoms with Gasteiger partial charge in [0.25, 0.3) is 5.56 Å². The van der Waals surface area contributed by atoms with Gasteiger partial charge in [0.05, 0.1) is 5.52 Å². The van der Waals surface area contributed by atoms with E-state index in [-0.39, 0.29) is 11.0 Å². The van der Waals surface area contributed by atoms with Crippen LogP contribution in [0.1, 0.15) is 45.4 Å². The Morgan fingerprint density at radius 1 is 1.27 bits per heavy atom. The minimum Gasteiger partial charge on any atom is -0.302 e. The zero-order valence-corrected chi connectivity index (χ0v) is 12.9. The van der Waals surface area contributed by atoms with Crippen LogP contribution in [0.15, 0.2) is 23.1 Å². The number of hydrogen-bond donors (Lipinski definition) is 0. The number of rotatable bonds is 4. The van der Waals surface area contributed by atoms with Gasteiger partial charge in [-0.15, -0.1) is 10.2 Å². The van der Waals surface area contributed by atoms with Crippen LogP contribution in [-0.2, 0) is 12.0 Å². The lowest BCUT2D eigenvalue weighted by Gasteiger charge is -2.12. The summed E-state index contributed by atoms with van der Waals surface area (Å²) in [5.74, 6) is 0.867. The molecule has 0 unspecified atom stereocenters. The molecule has 3 aromatic rings. The molecule has 0 radical (unpaired) electrons. The normalized spacial score (nSPS) is 16.5. The zero-order valence-electron chi connectivity index (χ0n) is 12.9. The molecular weight excluding hydrogens is 278 g/mol. The van der Waals surface area contributed by atoms with Crippen molar-refractivity contribution in [1.82, 2.24) is 24.1 Å². The highest BCUT2D eigenvalue weighted by atomic mass is 16.1. The topological polar surface area (TPSA) is 65.1 Å². The van der Waals surface area contributed by atoms with Crippen LogP contribution in [0.4, 0.5) is 0 Å². The van der Waals surface area contributed by atoms with Crippen molar-refractivity contribution >= 4 is 16.8 Å². The first-order valence-corrected chi connectivity index (χ1v) is 7.89. The molecule has 3 aromatic heterocycles. The summed E-state index contributed by atoms with van der Waals surface area (Å²) in [4.78, 5) is 17.3. The summed E-state index contributed by atoms with van der Waals surface area (Å²) in [6, 6.07) is 3.83. The van der Waals surface area contributed by atoms with E-state index in [0.29, 0.717) is 12.2 Å². The quantitative estimate of drug-likeness (QED) is 0.741. The number of unbranched alkanes of at least 4 members (excludes halogenated alkanes) is 1. The third-order valence-electron chi connectivity index (χ3n) is 4.64. The first kappa shape index (κ1) is 13.4. The maximum Gasteiger partial charge on any atom is 0.296 e. The highest BCUT2D eigenvalue weighted by Crippen LogP contribution is 2.46. The summed E-state index contributed by atoms with van der Waals surface area (Å²) >= 11 is 0. The lowest BCUT2D eigenvalue weighted by Crippen LogP contribution is -2.24. The standard InChI is InChI=1S/C16H19N5O/c1-3-4-10-20-11-6-5-9-17-12(11)21-13(14(20)22)18-19-15(21)16(2)7-8-16/h5-6,9H,3-4,7-8,10H2,1-2H3. The number of aryl methyl sites for hydroxylation is 1. The molecule has 0 amide bonds. The highest BCUT2D eigenvalue weighted by Gasteiger charge is 2.44. The Kier molecular flexibility index (Phi) is 2.82. The van der Waals surface area contributed by atoms with Crippen LogP contribution in [0, 0.1) is 0 Å². The minimum absolute atomic E-state index is 0.0336. The van der Waals surface area contributed by atoms with Gasteiger partial charge >= 0.3 is 0 Å². The molecule has 0 N–H and O–H groups in total. The fraction of sp³-hybridized carbons (Fsp3) is 0.500. The molecule has 4 rings (SSSR count). The molecule has 0 bridgehead atoms. The van der Waals surface area contributed by atoms with Crippen molar-refractivity contribution in [2.24, 2.45) is 0 Å². The third-order valence-corrected chi connectivity index (χ3v) is 4.64. The van der Waals surface area contributed by atoms with Gasteiger partial charge in [0, 0.05) is 18.2 Å². The number of aromatic nitrogens is 5. The number of fused-ring (bicyclic) bond motifs is 3. The highest BCUT2D eigenvalue weighted by molar-refractivity contribution is 5.74. The monoisotopic (exact) mass is 297 g/mol. The average molecular weight is 297 g/mol. The Balaban J connectivity index is 2.10. The van der Waals surface area contributed by atoms with Crippen molar-refractivity contribution in [3.05, 3.63) is 34.5 Å². The van der Waals surface area contributed by atoms with Crippen LogP contribution in [0.3, 0.4) is 0 Å². The molecule has 3 heterocycles. The molecule has 0 aliphatic heterocycles. The Bertz CT molecular complexity index is 919. The molecule has 0 atom stereocenters. The van der Waals surface area contributed by atoms with E-state index >= 15 is 0 Å². The van der Waals surface area contributed by atoms with Crippen molar-refractivity contribution in [3.8, 4) is 0 Å². The summed E-state index contributed by atoms with van der Waals surface area (Å²) in [6.45, 7) is 4.97. The van der Waals surface area contributed by atoms with Crippen molar-refractivity contribution in [1.29, 1.82) is 0 Å². The predicted octanol–water partition coefficient (Wildman–Crippen LogP) is 2.29. The van der Waals surface area contributed by atoms with E-state index < -0.39 is 0 Å². The van der Waals surface area contributed by atoms with Gasteiger partial charge in [-0.3, -0.25) is 9.20 Å². The third kappa shape index (κ3) is 1.79. The minimum atomic E-state index is -0.0723. The molecule has 114 valence electrons. The Hall–Kier alpha value is -2.24. The van der Waals surface area contributed by atoms with Gasteiger partial charge < -0.3 is 4.57 Å². The van der Waals surface area contributed by atoms with Gasteiger partial charge in [0.1, 0.15) is 5.82 Å². The van der Waals surface area contributed by atoms with Gasteiger partial charge in [0.15, 0.2) is 5.65 Å². The Morgan fingerprint density at radius 2 is 2.09 bits per heavy atom. The van der Waals surface area contributed by atoms with E-state index in [1.807, 2.05) is 16.5 Å². The molecule has 6 nitrogen and oxygen atoms in total. The van der Waals surface area contributed by atoms with Crippen LogP contribution in [0.5, 0.6) is 0 Å². The van der Waals surface area contributed by atoms with Crippen LogP contribution in [0.25, 0.3) is 16.8 Å². The molecule has 6 heteroatoms. The van der Waals surface area contributed by atoms with Crippen molar-refractivity contribution in [3.63, 3.8) is 0 Å². The van der Waals surface area contributed by atoms with Gasteiger partial charge in [-0.1, -0.05) is 20.3 Å². The van der Waals surface area contributed by atoms with E-state index in [0.717, 1.165) is 42.7 Å². The molecule has 1 fully saturated rings. The maximum atomic E-state index is 12.8. The predicted molar refractivity (Wildman–Crippen MR) is 84.0 cm³/mol. The first-order chi connectivity index (χ1) is 10.7. The summed E-state index contributed by atoms with van der Waals surface area (Å²) in [6.07, 6.45) is 5.92. The summed E-state index contributed by atoms with van der Waals surface area (Å²) in [7, 11) is 0. The second-order valence-electron chi connectivity index (χ2n) is 6.40. The lowest BCUT2D eigenvalue weighted by molar-refractivity contribution is 0.629. The van der Waals surface area contributed by atoms with Gasteiger partial charge in [-0.05, 0) is 31.4 Å². The van der Waals surface area contributed by atoms with E-state index in [1.165, 1.54) is 0 Å². The number of pyridine rings is 1. The molecule has 0 saturated heterocycles. The molecule has 0 spiro atoms. The second kappa shape index (κ2) is 4.63. The summed E-state index contributed by atoms with van der Waals surface area (Å²) in [5, 5.41) is 8.50. The molecular formula is C16H19N5O. The summed E-state index contributed by atoms with van der Waals surface area (Å²) in [5.41, 5.74) is 1.99. The molecule has 22 heavy (non-hydrogen) atoms. The van der Waals surface area contributed by atoms with E-state index in [1.54, 1.807) is 10.8 Å². The van der Waals surface area contributed by atoms with Crippen LogP contribution in [-0.4, -0.2) is 24.1 Å². The van der Waals surface area contributed by atoms with Crippen molar-refractivity contribution in [2.75, 3.05) is 0 Å². The van der Waals surface area contributed by atoms with Crippen molar-refractivity contribution < 1.29 is 0 Å². The largest absolute Gasteiger partial charge is 0.302 e. The fourth-order valence-corrected chi connectivity index (χ4v) is 2.97. The van der Waals surface area contributed by atoms with Gasteiger partial charge in [-0.25, -0.2) is 4.98 Å². The Morgan fingerprint density at radius 3 is 2.82 bits per heavy atom. The molecule has 1 aliphatic carbocycles. The molecule has 0 aromatic carbocycles. The maximum absolute atomic E-state index is 12.8. The van der Waals surface area contributed by atoms with Crippen LogP contribution < -0.4 is 5.56 Å². The van der Waals surface area contributed by atoms with Crippen LogP contribution in [0.2, 0.25) is 0 Å².